The van der Waals surface area contributed by atoms with Gasteiger partial charge in [0.05, 0.1) is 6.20 Å². The molecule has 0 saturated carbocycles. The zero-order valence-corrected chi connectivity index (χ0v) is 11.7. The molecule has 108 valence electrons. The van der Waals surface area contributed by atoms with Gasteiger partial charge in [-0.05, 0) is 12.1 Å². The van der Waals surface area contributed by atoms with E-state index in [0.29, 0.717) is 5.56 Å². The van der Waals surface area contributed by atoms with Crippen molar-refractivity contribution in [3.05, 3.63) is 35.9 Å². The lowest BCUT2D eigenvalue weighted by atomic mass is 10.4. The van der Waals surface area contributed by atoms with Crippen molar-refractivity contribution >= 4 is 16.0 Å². The fraction of sp³-hybridized carbons (Fsp3) is 0.273. The first-order valence-corrected chi connectivity index (χ1v) is 7.01. The normalized spacial score (nSPS) is 11.9. The van der Waals surface area contributed by atoms with Gasteiger partial charge in [0, 0.05) is 32.4 Å². The lowest BCUT2D eigenvalue weighted by Crippen LogP contribution is -2.26. The van der Waals surface area contributed by atoms with Gasteiger partial charge in [-0.15, -0.1) is 0 Å². The number of hydrogen-bond acceptors (Lipinski definition) is 5. The number of carbonyl (C=O) groups is 1. The number of sulfonamides is 1. The van der Waals surface area contributed by atoms with Crippen LogP contribution in [0.4, 0.5) is 0 Å². The molecule has 0 amide bonds. The fourth-order valence-electron chi connectivity index (χ4n) is 1.62. The van der Waals surface area contributed by atoms with Crippen molar-refractivity contribution < 1.29 is 22.7 Å². The molecule has 2 aromatic heterocycles. The van der Waals surface area contributed by atoms with Crippen molar-refractivity contribution in [1.29, 1.82) is 0 Å². The number of aromatic carboxylic acids is 1. The number of aryl methyl sites for hydroxylation is 1. The smallest absolute Gasteiger partial charge is 0.371 e. The SMILES string of the molecule is CN(Cc1cnn(C)c1)S(=O)(=O)c1ccc(C(=O)O)o1. The zero-order valence-electron chi connectivity index (χ0n) is 10.8. The van der Waals surface area contributed by atoms with E-state index in [0.717, 1.165) is 16.4 Å². The molecule has 0 aliphatic heterocycles. The molecule has 0 unspecified atom stereocenters. The van der Waals surface area contributed by atoms with Crippen LogP contribution in [0, 0.1) is 0 Å². The Balaban J connectivity index is 2.22. The maximum atomic E-state index is 12.2. The van der Waals surface area contributed by atoms with Crippen molar-refractivity contribution in [1.82, 2.24) is 14.1 Å². The summed E-state index contributed by atoms with van der Waals surface area (Å²) in [7, 11) is -0.768. The third-order valence-corrected chi connectivity index (χ3v) is 4.30. The first-order chi connectivity index (χ1) is 9.30. The predicted molar refractivity (Wildman–Crippen MR) is 67.5 cm³/mol. The highest BCUT2D eigenvalue weighted by atomic mass is 32.2. The van der Waals surface area contributed by atoms with E-state index in [9.17, 15) is 13.2 Å². The van der Waals surface area contributed by atoms with Crippen molar-refractivity contribution in [2.45, 2.75) is 11.6 Å². The van der Waals surface area contributed by atoms with Crippen LogP contribution < -0.4 is 0 Å². The molecular weight excluding hydrogens is 286 g/mol. The minimum absolute atomic E-state index is 0.110. The summed E-state index contributed by atoms with van der Waals surface area (Å²) >= 11 is 0. The van der Waals surface area contributed by atoms with Gasteiger partial charge in [0.1, 0.15) is 0 Å². The Kier molecular flexibility index (Phi) is 3.64. The van der Waals surface area contributed by atoms with Crippen molar-refractivity contribution in [3.63, 3.8) is 0 Å². The molecule has 2 heterocycles. The van der Waals surface area contributed by atoms with E-state index in [2.05, 4.69) is 5.10 Å². The highest BCUT2D eigenvalue weighted by molar-refractivity contribution is 7.88. The molecule has 0 bridgehead atoms. The van der Waals surface area contributed by atoms with Gasteiger partial charge in [0.2, 0.25) is 10.9 Å². The summed E-state index contributed by atoms with van der Waals surface area (Å²) in [6.45, 7) is 0.110. The number of hydrogen-bond donors (Lipinski definition) is 1. The van der Waals surface area contributed by atoms with Gasteiger partial charge in [0.15, 0.2) is 0 Å². The molecule has 0 saturated heterocycles. The molecule has 0 spiro atoms. The second kappa shape index (κ2) is 5.10. The van der Waals surface area contributed by atoms with Gasteiger partial charge in [-0.3, -0.25) is 4.68 Å². The summed E-state index contributed by atoms with van der Waals surface area (Å²) in [4.78, 5) is 10.7. The average Bonchev–Trinajstić information content (AvgIpc) is 2.98. The van der Waals surface area contributed by atoms with Crippen LogP contribution in [-0.2, 0) is 23.6 Å². The Morgan fingerprint density at radius 3 is 2.70 bits per heavy atom. The summed E-state index contributed by atoms with van der Waals surface area (Å²) in [5, 5.41) is 12.3. The van der Waals surface area contributed by atoms with Gasteiger partial charge >= 0.3 is 5.97 Å². The Morgan fingerprint density at radius 1 is 1.50 bits per heavy atom. The van der Waals surface area contributed by atoms with E-state index in [4.69, 9.17) is 9.52 Å². The first-order valence-electron chi connectivity index (χ1n) is 5.57. The summed E-state index contributed by atoms with van der Waals surface area (Å²) in [6, 6.07) is 2.23. The Morgan fingerprint density at radius 2 is 2.20 bits per heavy atom. The zero-order chi connectivity index (χ0) is 14.9. The van der Waals surface area contributed by atoms with E-state index in [1.54, 1.807) is 24.1 Å². The second-order valence-corrected chi connectivity index (χ2v) is 6.18. The number of aromatic nitrogens is 2. The molecule has 0 fully saturated rings. The molecule has 2 aromatic rings. The molecule has 0 aliphatic carbocycles. The molecule has 9 heteroatoms. The molecule has 0 atom stereocenters. The molecule has 8 nitrogen and oxygen atoms in total. The van der Waals surface area contributed by atoms with Crippen LogP contribution in [0.25, 0.3) is 0 Å². The summed E-state index contributed by atoms with van der Waals surface area (Å²) in [5.74, 6) is -1.74. The van der Waals surface area contributed by atoms with Gasteiger partial charge in [-0.2, -0.15) is 9.40 Å². The molecule has 2 rings (SSSR count). The van der Waals surface area contributed by atoms with E-state index in [-0.39, 0.29) is 6.54 Å². The van der Waals surface area contributed by atoms with Crippen LogP contribution in [0.15, 0.2) is 34.0 Å². The summed E-state index contributed by atoms with van der Waals surface area (Å²) < 4.78 is 31.8. The fourth-order valence-corrected chi connectivity index (χ4v) is 2.68. The predicted octanol–water partition coefficient (Wildman–Crippen LogP) is 0.532. The van der Waals surface area contributed by atoms with E-state index in [1.165, 1.54) is 7.05 Å². The molecule has 0 aromatic carbocycles. The summed E-state index contributed by atoms with van der Waals surface area (Å²) in [6.07, 6.45) is 3.24. The van der Waals surface area contributed by atoms with Crippen LogP contribution in [0.1, 0.15) is 16.1 Å². The van der Waals surface area contributed by atoms with Crippen LogP contribution in [0.2, 0.25) is 0 Å². The molecular formula is C11H13N3O5S. The monoisotopic (exact) mass is 299 g/mol. The van der Waals surface area contributed by atoms with E-state index in [1.807, 2.05) is 0 Å². The molecule has 0 radical (unpaired) electrons. The average molecular weight is 299 g/mol. The minimum atomic E-state index is -3.87. The van der Waals surface area contributed by atoms with Gasteiger partial charge in [0.25, 0.3) is 10.0 Å². The molecule has 20 heavy (non-hydrogen) atoms. The van der Waals surface area contributed by atoms with Crippen molar-refractivity contribution in [2.24, 2.45) is 7.05 Å². The Labute approximate surface area is 115 Å². The number of rotatable bonds is 5. The molecule has 1 N–H and O–H groups in total. The van der Waals surface area contributed by atoms with E-state index < -0.39 is 26.8 Å². The Hall–Kier alpha value is -2.13. The van der Waals surface area contributed by atoms with Gasteiger partial charge in [-0.1, -0.05) is 0 Å². The summed E-state index contributed by atoms with van der Waals surface area (Å²) in [5.41, 5.74) is 0.712. The van der Waals surface area contributed by atoms with E-state index >= 15 is 0 Å². The van der Waals surface area contributed by atoms with Gasteiger partial charge in [-0.25, -0.2) is 13.2 Å². The van der Waals surface area contributed by atoms with Crippen LogP contribution in [0.5, 0.6) is 0 Å². The van der Waals surface area contributed by atoms with Gasteiger partial charge < -0.3 is 9.52 Å². The number of nitrogens with zero attached hydrogens (tertiary/aromatic N) is 3. The van der Waals surface area contributed by atoms with Crippen molar-refractivity contribution in [3.8, 4) is 0 Å². The van der Waals surface area contributed by atoms with Crippen LogP contribution in [0.3, 0.4) is 0 Å². The maximum Gasteiger partial charge on any atom is 0.371 e. The van der Waals surface area contributed by atoms with Crippen LogP contribution in [-0.4, -0.2) is 40.6 Å². The minimum Gasteiger partial charge on any atom is -0.475 e. The third kappa shape index (κ3) is 2.73. The first kappa shape index (κ1) is 14.3. The second-order valence-electron chi connectivity index (χ2n) is 4.21. The quantitative estimate of drug-likeness (QED) is 0.863. The lowest BCUT2D eigenvalue weighted by Gasteiger charge is -2.14. The Bertz CT molecular complexity index is 731. The standard InChI is InChI=1S/C11H13N3O5S/c1-13-6-8(5-12-13)7-14(2)20(17,18)10-4-3-9(19-10)11(15)16/h3-6H,7H2,1-2H3,(H,15,16). The number of furan rings is 1. The van der Waals surface area contributed by atoms with Crippen molar-refractivity contribution in [2.75, 3.05) is 7.05 Å². The number of carboxylic acid groups (broad SMARTS) is 1. The topological polar surface area (TPSA) is 106 Å². The molecule has 0 aliphatic rings. The largest absolute Gasteiger partial charge is 0.475 e. The highest BCUT2D eigenvalue weighted by Gasteiger charge is 2.26. The lowest BCUT2D eigenvalue weighted by molar-refractivity contribution is 0.0656. The number of carboxylic acids is 1. The van der Waals surface area contributed by atoms with Crippen LogP contribution >= 0.6 is 0 Å². The maximum absolute atomic E-state index is 12.2. The highest BCUT2D eigenvalue weighted by Crippen LogP contribution is 2.19. The third-order valence-electron chi connectivity index (χ3n) is 2.62.